The van der Waals surface area contributed by atoms with E-state index in [0.717, 1.165) is 20.5 Å². The summed E-state index contributed by atoms with van der Waals surface area (Å²) in [7, 11) is -2.78. The summed E-state index contributed by atoms with van der Waals surface area (Å²) in [6, 6.07) is 56.6. The molecule has 8 aromatic rings. The summed E-state index contributed by atoms with van der Waals surface area (Å²) in [4.78, 5) is 30.9. The summed E-state index contributed by atoms with van der Waals surface area (Å²) in [6.07, 6.45) is -5.39. The first-order chi connectivity index (χ1) is 29.4. The van der Waals surface area contributed by atoms with Gasteiger partial charge in [-0.3, -0.25) is 14.2 Å². The summed E-state index contributed by atoms with van der Waals surface area (Å²) in [5.74, 6) is -3.52. The Hall–Kier alpha value is -6.40. The summed E-state index contributed by atoms with van der Waals surface area (Å²) >= 11 is 0. The Bertz CT molecular complexity index is 2890. The van der Waals surface area contributed by atoms with Gasteiger partial charge in [0.05, 0.1) is 23.7 Å². The first kappa shape index (κ1) is 45.1. The van der Waals surface area contributed by atoms with Gasteiger partial charge in [-0.1, -0.05) is 121 Å². The van der Waals surface area contributed by atoms with Crippen LogP contribution in [0.25, 0.3) is 21.4 Å². The van der Waals surface area contributed by atoms with Crippen LogP contribution in [0.3, 0.4) is 0 Å². The number of para-hydroxylation sites is 1. The number of nitrogens with zero attached hydrogens (tertiary/aromatic N) is 4. The van der Waals surface area contributed by atoms with Gasteiger partial charge in [0.2, 0.25) is 0 Å². The van der Waals surface area contributed by atoms with Crippen molar-refractivity contribution in [1.82, 2.24) is 4.57 Å². The van der Waals surface area contributed by atoms with Gasteiger partial charge in [0.15, 0.2) is 12.8 Å². The molecule has 62 heavy (non-hydrogen) atoms. The number of carbonyl (C=O) groups excluding carboxylic acids is 1. The number of aromatic nitrogens is 1. The second-order valence-corrected chi connectivity index (χ2v) is 16.2. The number of halogens is 3. The normalized spacial score (nSPS) is 10.9. The fraction of sp³-hybridized carbons (Fsp3) is 0.0204. The summed E-state index contributed by atoms with van der Waals surface area (Å²) in [6.45, 7) is 7.25. The quantitative estimate of drug-likeness (QED) is 0.0923. The molecule has 0 aliphatic rings. The molecule has 305 valence electrons. The van der Waals surface area contributed by atoms with Gasteiger partial charge in [0, 0.05) is 93.4 Å². The molecule has 0 saturated heterocycles. The molecular formula is C49H32EuF3N4O4P. The molecular weight excluding hydrogens is 948 g/mol. The molecule has 0 spiro atoms. The molecule has 7 aromatic carbocycles. The molecule has 0 aliphatic carbocycles. The van der Waals surface area contributed by atoms with E-state index in [1.807, 2.05) is 97.1 Å². The zero-order chi connectivity index (χ0) is 43.1. The first-order valence-electron chi connectivity index (χ1n) is 18.6. The van der Waals surface area contributed by atoms with Crippen LogP contribution < -0.4 is 26.4 Å². The minimum atomic E-state index is -5.39. The molecule has 8 nitrogen and oxygen atoms in total. The van der Waals surface area contributed by atoms with Gasteiger partial charge in [0.25, 0.3) is 11.3 Å². The largest absolute Gasteiger partial charge is 0.506 e. The van der Waals surface area contributed by atoms with Crippen LogP contribution in [0.5, 0.6) is 5.75 Å². The van der Waals surface area contributed by atoms with E-state index in [1.54, 1.807) is 71.6 Å². The van der Waals surface area contributed by atoms with Crippen LogP contribution in [0.1, 0.15) is 15.9 Å². The standard InChI is InChI=1S/C31H17F3N4O3.C18H15OP.Eu/c1-36-20-9-13-23(14-10-20)37(22-11-7-19(18-35)8-12-22)24-15-16-25-26(17-24)38(21-5-3-2-4-6-21)30(41)27(28(25)39)29(40)31(32,33)34;19-20(16-10-4-1-5-11-16,17-12-6-2-7-13-17)18-14-8-3-9-15-18;/h2-17,39H;1-15H;. The van der Waals surface area contributed by atoms with Gasteiger partial charge < -0.3 is 14.6 Å². The molecule has 0 saturated carbocycles. The van der Waals surface area contributed by atoms with Crippen LogP contribution in [0.2, 0.25) is 0 Å². The third-order valence-electron chi connectivity index (χ3n) is 9.74. The molecule has 1 aromatic heterocycles. The van der Waals surface area contributed by atoms with Gasteiger partial charge in [-0.25, -0.2) is 4.85 Å². The van der Waals surface area contributed by atoms with Crippen LogP contribution in [0.15, 0.2) is 193 Å². The molecule has 1 radical (unpaired) electrons. The van der Waals surface area contributed by atoms with Gasteiger partial charge in [-0.15, -0.1) is 0 Å². The molecule has 0 unspecified atom stereocenters. The third kappa shape index (κ3) is 9.25. The molecule has 0 amide bonds. The fourth-order valence-electron chi connectivity index (χ4n) is 6.85. The predicted molar refractivity (Wildman–Crippen MR) is 233 cm³/mol. The number of hydrogen-bond acceptors (Lipinski definition) is 6. The number of alkyl halides is 3. The van der Waals surface area contributed by atoms with E-state index in [0.29, 0.717) is 28.3 Å². The first-order valence-corrected chi connectivity index (χ1v) is 20.3. The minimum Gasteiger partial charge on any atom is -0.506 e. The van der Waals surface area contributed by atoms with Crippen molar-refractivity contribution in [2.45, 2.75) is 6.18 Å². The average molecular weight is 981 g/mol. The van der Waals surface area contributed by atoms with Crippen molar-refractivity contribution in [1.29, 1.82) is 5.26 Å². The predicted octanol–water partition coefficient (Wildman–Crippen LogP) is 10.7. The molecule has 0 fully saturated rings. The minimum absolute atomic E-state index is 0. The number of fused-ring (bicyclic) bond motifs is 1. The molecule has 0 aliphatic heterocycles. The van der Waals surface area contributed by atoms with Gasteiger partial charge in [-0.2, -0.15) is 18.4 Å². The Morgan fingerprint density at radius 1 is 0.677 bits per heavy atom. The van der Waals surface area contributed by atoms with Crippen LogP contribution in [0, 0.1) is 67.3 Å². The van der Waals surface area contributed by atoms with Crippen molar-refractivity contribution >= 4 is 62.5 Å². The zero-order valence-electron chi connectivity index (χ0n) is 32.3. The monoisotopic (exact) mass is 981 g/mol. The van der Waals surface area contributed by atoms with Crippen molar-refractivity contribution in [3.63, 3.8) is 0 Å². The van der Waals surface area contributed by atoms with Crippen LogP contribution in [-0.2, 0) is 4.57 Å². The fourth-order valence-corrected chi connectivity index (χ4v) is 9.52. The zero-order valence-corrected chi connectivity index (χ0v) is 35.6. The van der Waals surface area contributed by atoms with Crippen molar-refractivity contribution in [2.24, 2.45) is 0 Å². The number of aromatic hydroxyl groups is 1. The summed E-state index contributed by atoms with van der Waals surface area (Å²) in [5.41, 5.74) is -0.0160. The smallest absolute Gasteiger partial charge is 0.455 e. The van der Waals surface area contributed by atoms with Gasteiger partial charge in [0.1, 0.15) is 11.3 Å². The van der Waals surface area contributed by atoms with E-state index < -0.39 is 36.0 Å². The van der Waals surface area contributed by atoms with E-state index in [-0.39, 0.29) is 66.0 Å². The van der Waals surface area contributed by atoms with Crippen LogP contribution in [0.4, 0.5) is 35.9 Å². The summed E-state index contributed by atoms with van der Waals surface area (Å²) < 4.78 is 55.1. The summed E-state index contributed by atoms with van der Waals surface area (Å²) in [5, 5.41) is 22.5. The number of rotatable bonds is 8. The maximum absolute atomic E-state index is 13.8. The number of hydrogen-bond donors (Lipinski definition) is 1. The number of benzene rings is 7. The maximum Gasteiger partial charge on any atom is 0.455 e. The Morgan fingerprint density at radius 3 is 1.55 bits per heavy atom. The number of ketones is 1. The number of nitriles is 1. The van der Waals surface area contributed by atoms with E-state index >= 15 is 0 Å². The molecule has 8 rings (SSSR count). The second kappa shape index (κ2) is 19.5. The van der Waals surface area contributed by atoms with E-state index in [1.165, 1.54) is 30.3 Å². The third-order valence-corrected chi connectivity index (χ3v) is 12.8. The molecule has 0 atom stereocenters. The average Bonchev–Trinajstić information content (AvgIpc) is 3.30. The second-order valence-electron chi connectivity index (χ2n) is 13.5. The van der Waals surface area contributed by atoms with Crippen molar-refractivity contribution in [3.8, 4) is 17.5 Å². The van der Waals surface area contributed by atoms with E-state index in [9.17, 15) is 37.7 Å². The number of carbonyl (C=O) groups is 1. The van der Waals surface area contributed by atoms with Crippen molar-refractivity contribution in [2.75, 3.05) is 4.90 Å². The Balaban J connectivity index is 0.000000255. The molecule has 13 heteroatoms. The van der Waals surface area contributed by atoms with Gasteiger partial charge >= 0.3 is 6.18 Å². The Labute approximate surface area is 395 Å². The maximum atomic E-state index is 13.8. The molecule has 1 N–H and O–H groups in total. The number of pyridine rings is 1. The number of Topliss-reactive ketones (excluding diaryl/α,β-unsaturated/α-hetero) is 1. The van der Waals surface area contributed by atoms with Crippen LogP contribution in [-0.4, -0.2) is 21.6 Å². The van der Waals surface area contributed by atoms with Crippen molar-refractivity contribution in [3.05, 3.63) is 221 Å². The Morgan fingerprint density at radius 2 is 1.11 bits per heavy atom. The SMILES string of the molecule is O=P(c1ccccc1)(c1ccccc1)c1ccccc1.[C-]#[N+]c1ccc(N(c2ccc(C#N)cc2)c2ccc3c(O)c(C(=O)C(F)(F)F)c(=O)n(-c4ccccc4)c3c2)cc1.[Eu]. The van der Waals surface area contributed by atoms with Crippen molar-refractivity contribution < 1.29 is 77.0 Å². The molecule has 1 heterocycles. The van der Waals surface area contributed by atoms with Crippen LogP contribution >= 0.6 is 7.14 Å². The Kier molecular flexibility index (Phi) is 14.2. The topological polar surface area (TPSA) is 108 Å². The van der Waals surface area contributed by atoms with Gasteiger partial charge in [-0.05, 0) is 66.7 Å². The van der Waals surface area contributed by atoms with E-state index in [4.69, 9.17) is 6.57 Å². The number of anilines is 3. The molecule has 0 bridgehead atoms. The van der Waals surface area contributed by atoms with E-state index in [2.05, 4.69) is 4.85 Å².